The van der Waals surface area contributed by atoms with Crippen LogP contribution in [0.2, 0.25) is 5.02 Å². The van der Waals surface area contributed by atoms with E-state index in [4.69, 9.17) is 17.3 Å². The zero-order chi connectivity index (χ0) is 17.5. The van der Waals surface area contributed by atoms with Gasteiger partial charge in [0.15, 0.2) is 0 Å². The highest BCUT2D eigenvalue weighted by Crippen LogP contribution is 2.15. The summed E-state index contributed by atoms with van der Waals surface area (Å²) in [5, 5.41) is 2.83. The predicted octanol–water partition coefficient (Wildman–Crippen LogP) is 2.12. The first kappa shape index (κ1) is 18.2. The van der Waals surface area contributed by atoms with Crippen LogP contribution in [0.4, 0.5) is 0 Å². The lowest BCUT2D eigenvalue weighted by molar-refractivity contribution is -0.119. The number of nitrogens with two attached hydrogens (primary N) is 1. The van der Waals surface area contributed by atoms with Gasteiger partial charge in [-0.15, -0.1) is 0 Å². The van der Waals surface area contributed by atoms with E-state index >= 15 is 0 Å². The molecule has 2 atom stereocenters. The van der Waals surface area contributed by atoms with Crippen LogP contribution in [0.15, 0.2) is 59.5 Å². The molecule has 0 saturated heterocycles. The van der Waals surface area contributed by atoms with Crippen molar-refractivity contribution in [2.24, 2.45) is 5.73 Å². The van der Waals surface area contributed by atoms with Gasteiger partial charge in [-0.3, -0.25) is 13.8 Å². The third-order valence-electron chi connectivity index (χ3n) is 3.37. The van der Waals surface area contributed by atoms with E-state index in [1.54, 1.807) is 48.5 Å². The topological polar surface area (TPSA) is 89.3 Å². The van der Waals surface area contributed by atoms with E-state index < -0.39 is 28.7 Å². The second-order valence-corrected chi connectivity index (χ2v) is 7.04. The van der Waals surface area contributed by atoms with Crippen LogP contribution in [-0.2, 0) is 15.6 Å². The third kappa shape index (κ3) is 4.91. The molecule has 0 aromatic heterocycles. The lowest BCUT2D eigenvalue weighted by atomic mass is 10.1. The highest BCUT2D eigenvalue weighted by Gasteiger charge is 2.21. The van der Waals surface area contributed by atoms with Crippen LogP contribution in [0.3, 0.4) is 0 Å². The SMILES string of the molecule is NC(=O)[C@@H](CC[S@@](=O)c1ccccc1)NC(=O)c1ccccc1Cl. The van der Waals surface area contributed by atoms with Gasteiger partial charge >= 0.3 is 0 Å². The Kier molecular flexibility index (Phi) is 6.52. The molecule has 5 nitrogen and oxygen atoms in total. The molecule has 126 valence electrons. The molecule has 0 bridgehead atoms. The first-order valence-corrected chi connectivity index (χ1v) is 8.97. The fourth-order valence-electron chi connectivity index (χ4n) is 2.08. The predicted molar refractivity (Wildman–Crippen MR) is 94.2 cm³/mol. The van der Waals surface area contributed by atoms with E-state index in [2.05, 4.69) is 5.32 Å². The smallest absolute Gasteiger partial charge is 0.253 e. The Bertz CT molecular complexity index is 753. The van der Waals surface area contributed by atoms with E-state index in [0.29, 0.717) is 4.90 Å². The van der Waals surface area contributed by atoms with Gasteiger partial charge in [-0.05, 0) is 30.7 Å². The maximum Gasteiger partial charge on any atom is 0.253 e. The van der Waals surface area contributed by atoms with E-state index in [-0.39, 0.29) is 22.8 Å². The Morgan fingerprint density at radius 3 is 2.33 bits per heavy atom. The first-order chi connectivity index (χ1) is 11.5. The minimum atomic E-state index is -1.27. The van der Waals surface area contributed by atoms with E-state index in [1.165, 1.54) is 0 Å². The van der Waals surface area contributed by atoms with Crippen LogP contribution in [-0.4, -0.2) is 27.8 Å². The molecule has 2 rings (SSSR count). The van der Waals surface area contributed by atoms with Gasteiger partial charge in [-0.1, -0.05) is 41.9 Å². The minimum Gasteiger partial charge on any atom is -0.368 e. The molecule has 0 aliphatic rings. The van der Waals surface area contributed by atoms with Crippen molar-refractivity contribution in [3.8, 4) is 0 Å². The van der Waals surface area contributed by atoms with Crippen molar-refractivity contribution in [1.29, 1.82) is 0 Å². The standard InChI is InChI=1S/C17H17ClN2O3S/c18-14-9-5-4-8-13(14)17(22)20-15(16(19)21)10-11-24(23)12-6-2-1-3-7-12/h1-9,15H,10-11H2,(H2,19,21)(H,20,22)/t15-,24-/m1/s1. The van der Waals surface area contributed by atoms with E-state index in [0.717, 1.165) is 0 Å². The van der Waals surface area contributed by atoms with Gasteiger partial charge in [0.1, 0.15) is 6.04 Å². The molecule has 7 heteroatoms. The summed E-state index contributed by atoms with van der Waals surface area (Å²) in [6, 6.07) is 14.5. The average molecular weight is 365 g/mol. The van der Waals surface area contributed by atoms with Crippen LogP contribution in [0.5, 0.6) is 0 Å². The number of carbonyl (C=O) groups is 2. The normalized spacial score (nSPS) is 13.0. The van der Waals surface area contributed by atoms with Crippen molar-refractivity contribution in [2.45, 2.75) is 17.4 Å². The molecule has 0 saturated carbocycles. The van der Waals surface area contributed by atoms with Crippen LogP contribution in [0.25, 0.3) is 0 Å². The monoisotopic (exact) mass is 364 g/mol. The summed E-state index contributed by atoms with van der Waals surface area (Å²) in [5.74, 6) is -0.962. The summed E-state index contributed by atoms with van der Waals surface area (Å²) in [7, 11) is -1.27. The van der Waals surface area contributed by atoms with Crippen molar-refractivity contribution < 1.29 is 13.8 Å². The Balaban J connectivity index is 2.00. The second-order valence-electron chi connectivity index (χ2n) is 5.06. The number of amides is 2. The molecule has 2 aromatic rings. The lowest BCUT2D eigenvalue weighted by Crippen LogP contribution is -2.45. The van der Waals surface area contributed by atoms with Crippen LogP contribution in [0.1, 0.15) is 16.8 Å². The lowest BCUT2D eigenvalue weighted by Gasteiger charge is -2.15. The summed E-state index contributed by atoms with van der Waals surface area (Å²) in [4.78, 5) is 24.5. The van der Waals surface area contributed by atoms with Crippen molar-refractivity contribution in [2.75, 3.05) is 5.75 Å². The first-order valence-electron chi connectivity index (χ1n) is 7.27. The third-order valence-corrected chi connectivity index (χ3v) is 5.10. The highest BCUT2D eigenvalue weighted by molar-refractivity contribution is 7.85. The molecular weight excluding hydrogens is 348 g/mol. The second kappa shape index (κ2) is 8.61. The number of primary amides is 1. The molecule has 0 heterocycles. The molecule has 0 spiro atoms. The number of carbonyl (C=O) groups excluding carboxylic acids is 2. The van der Waals surface area contributed by atoms with Gasteiger partial charge in [0, 0.05) is 10.6 Å². The summed E-state index contributed by atoms with van der Waals surface area (Å²) >= 11 is 5.96. The van der Waals surface area contributed by atoms with Gasteiger partial charge in [0.25, 0.3) is 5.91 Å². The molecule has 2 aromatic carbocycles. The summed E-state index contributed by atoms with van der Waals surface area (Å²) in [6.45, 7) is 0. The zero-order valence-corrected chi connectivity index (χ0v) is 14.3. The number of benzene rings is 2. The van der Waals surface area contributed by atoms with Crippen molar-refractivity contribution in [3.05, 3.63) is 65.2 Å². The molecule has 0 aliphatic carbocycles. The zero-order valence-electron chi connectivity index (χ0n) is 12.8. The Hall–Kier alpha value is -2.18. The fraction of sp³-hybridized carbons (Fsp3) is 0.176. The molecule has 24 heavy (non-hydrogen) atoms. The molecule has 0 unspecified atom stereocenters. The molecule has 2 amide bonds. The summed E-state index contributed by atoms with van der Waals surface area (Å²) in [5.41, 5.74) is 5.60. The van der Waals surface area contributed by atoms with Crippen molar-refractivity contribution >= 4 is 34.2 Å². The quantitative estimate of drug-likeness (QED) is 0.788. The van der Waals surface area contributed by atoms with Crippen molar-refractivity contribution in [1.82, 2.24) is 5.32 Å². The minimum absolute atomic E-state index is 0.174. The maximum absolute atomic E-state index is 12.2. The largest absolute Gasteiger partial charge is 0.368 e. The van der Waals surface area contributed by atoms with Crippen molar-refractivity contribution in [3.63, 3.8) is 0 Å². The van der Waals surface area contributed by atoms with Gasteiger partial charge in [0.2, 0.25) is 5.91 Å². The van der Waals surface area contributed by atoms with Gasteiger partial charge < -0.3 is 11.1 Å². The number of rotatable bonds is 7. The number of halogens is 1. The molecule has 0 fully saturated rings. The van der Waals surface area contributed by atoms with E-state index in [1.807, 2.05) is 6.07 Å². The number of hydrogen-bond donors (Lipinski definition) is 2. The number of nitrogens with one attached hydrogen (secondary N) is 1. The van der Waals surface area contributed by atoms with Gasteiger partial charge in [-0.25, -0.2) is 0 Å². The highest BCUT2D eigenvalue weighted by atomic mass is 35.5. The Morgan fingerprint density at radius 2 is 1.71 bits per heavy atom. The Morgan fingerprint density at radius 1 is 1.08 bits per heavy atom. The Labute approximate surface area is 147 Å². The summed E-state index contributed by atoms with van der Waals surface area (Å²) < 4.78 is 12.2. The van der Waals surface area contributed by atoms with Crippen LogP contribution in [0, 0.1) is 0 Å². The fourth-order valence-corrected chi connectivity index (χ4v) is 3.45. The van der Waals surface area contributed by atoms with Gasteiger partial charge in [-0.2, -0.15) is 0 Å². The summed E-state index contributed by atoms with van der Waals surface area (Å²) in [6.07, 6.45) is 0.174. The van der Waals surface area contributed by atoms with Gasteiger partial charge in [0.05, 0.1) is 21.4 Å². The van der Waals surface area contributed by atoms with E-state index in [9.17, 15) is 13.8 Å². The number of hydrogen-bond acceptors (Lipinski definition) is 3. The molecule has 0 aliphatic heterocycles. The molecular formula is C17H17ClN2O3S. The van der Waals surface area contributed by atoms with Crippen LogP contribution >= 0.6 is 11.6 Å². The molecule has 0 radical (unpaired) electrons. The maximum atomic E-state index is 12.2. The molecule has 3 N–H and O–H groups in total. The van der Waals surface area contributed by atoms with Crippen LogP contribution < -0.4 is 11.1 Å². The average Bonchev–Trinajstić information content (AvgIpc) is 2.59.